The van der Waals surface area contributed by atoms with Crippen molar-refractivity contribution in [3.8, 4) is 17.0 Å². The highest BCUT2D eigenvalue weighted by atomic mass is 19.1. The number of rotatable bonds is 10. The van der Waals surface area contributed by atoms with Crippen molar-refractivity contribution in [2.45, 2.75) is 45.4 Å². The molecule has 1 aromatic heterocycles. The van der Waals surface area contributed by atoms with Gasteiger partial charge in [0.25, 0.3) is 0 Å². The fourth-order valence-electron chi connectivity index (χ4n) is 2.49. The Morgan fingerprint density at radius 3 is 2.38 bits per heavy atom. The van der Waals surface area contributed by atoms with Gasteiger partial charge in [0.1, 0.15) is 5.75 Å². The topological polar surface area (TPSA) is 39.2 Å². The van der Waals surface area contributed by atoms with E-state index in [2.05, 4.69) is 11.9 Å². The molecule has 0 saturated heterocycles. The standard InChI is InChI=1S/C20H24FNO2/c1-2-3-4-5-6-7-14-24-18-11-8-16(9-12-18)19-13-10-17(15-23)20(21)22-19/h8-13,15H,2-7,14H2,1H3. The van der Waals surface area contributed by atoms with E-state index in [4.69, 9.17) is 4.74 Å². The van der Waals surface area contributed by atoms with Crippen LogP contribution >= 0.6 is 0 Å². The van der Waals surface area contributed by atoms with Crippen LogP contribution in [0.15, 0.2) is 36.4 Å². The number of pyridine rings is 1. The molecule has 0 radical (unpaired) electrons. The second kappa shape index (κ2) is 9.81. The van der Waals surface area contributed by atoms with Crippen LogP contribution in [0, 0.1) is 5.95 Å². The van der Waals surface area contributed by atoms with Crippen LogP contribution in [0.1, 0.15) is 55.8 Å². The molecule has 1 heterocycles. The number of nitrogens with zero attached hydrogens (tertiary/aromatic N) is 1. The van der Waals surface area contributed by atoms with Gasteiger partial charge in [-0.1, -0.05) is 39.0 Å². The number of unbranched alkanes of at least 4 members (excludes halogenated alkanes) is 5. The van der Waals surface area contributed by atoms with Gasteiger partial charge in [-0.2, -0.15) is 4.39 Å². The quantitative estimate of drug-likeness (QED) is 0.331. The summed E-state index contributed by atoms with van der Waals surface area (Å²) in [5.41, 5.74) is 1.26. The van der Waals surface area contributed by atoms with E-state index in [0.717, 1.165) is 17.7 Å². The monoisotopic (exact) mass is 329 g/mol. The molecule has 0 saturated carbocycles. The van der Waals surface area contributed by atoms with Crippen LogP contribution < -0.4 is 4.74 Å². The first-order valence-electron chi connectivity index (χ1n) is 8.59. The predicted octanol–water partition coefficient (Wildman–Crippen LogP) is 5.44. The van der Waals surface area contributed by atoms with Crippen molar-refractivity contribution in [1.29, 1.82) is 0 Å². The van der Waals surface area contributed by atoms with Crippen LogP contribution in [0.5, 0.6) is 5.75 Å². The van der Waals surface area contributed by atoms with Crippen molar-refractivity contribution in [2.24, 2.45) is 0 Å². The summed E-state index contributed by atoms with van der Waals surface area (Å²) >= 11 is 0. The first-order chi connectivity index (χ1) is 11.7. The summed E-state index contributed by atoms with van der Waals surface area (Å²) in [6.45, 7) is 2.93. The first-order valence-corrected chi connectivity index (χ1v) is 8.59. The number of halogens is 1. The first kappa shape index (κ1) is 18.1. The lowest BCUT2D eigenvalue weighted by Gasteiger charge is -2.07. The van der Waals surface area contributed by atoms with Gasteiger partial charge >= 0.3 is 0 Å². The molecule has 24 heavy (non-hydrogen) atoms. The van der Waals surface area contributed by atoms with Gasteiger partial charge in [-0.25, -0.2) is 4.98 Å². The molecular formula is C20H24FNO2. The fraction of sp³-hybridized carbons (Fsp3) is 0.400. The Morgan fingerprint density at radius 2 is 1.71 bits per heavy atom. The zero-order valence-corrected chi connectivity index (χ0v) is 14.1. The maximum Gasteiger partial charge on any atom is 0.224 e. The second-order valence-corrected chi connectivity index (χ2v) is 5.83. The molecule has 4 heteroatoms. The Balaban J connectivity index is 1.82. The van der Waals surface area contributed by atoms with Crippen molar-refractivity contribution in [3.05, 3.63) is 47.9 Å². The summed E-state index contributed by atoms with van der Waals surface area (Å²) in [4.78, 5) is 14.4. The molecule has 0 aliphatic heterocycles. The van der Waals surface area contributed by atoms with Crippen LogP contribution in [0.4, 0.5) is 4.39 Å². The summed E-state index contributed by atoms with van der Waals surface area (Å²) in [5.74, 6) is 0.0585. The zero-order chi connectivity index (χ0) is 17.2. The average molecular weight is 329 g/mol. The maximum atomic E-state index is 13.6. The maximum absolute atomic E-state index is 13.6. The Kier molecular flexibility index (Phi) is 7.40. The number of hydrogen-bond donors (Lipinski definition) is 0. The zero-order valence-electron chi connectivity index (χ0n) is 14.1. The van der Waals surface area contributed by atoms with E-state index < -0.39 is 5.95 Å². The minimum atomic E-state index is -0.745. The Bertz CT molecular complexity index is 641. The summed E-state index contributed by atoms with van der Waals surface area (Å²) in [5, 5.41) is 0. The highest BCUT2D eigenvalue weighted by Crippen LogP contribution is 2.22. The lowest BCUT2D eigenvalue weighted by Crippen LogP contribution is -1.97. The van der Waals surface area contributed by atoms with Crippen molar-refractivity contribution < 1.29 is 13.9 Å². The van der Waals surface area contributed by atoms with Gasteiger partial charge in [-0.05, 0) is 42.8 Å². The number of aromatic nitrogens is 1. The average Bonchev–Trinajstić information content (AvgIpc) is 2.61. The minimum absolute atomic E-state index is 0.0300. The van der Waals surface area contributed by atoms with Crippen LogP contribution in [0.3, 0.4) is 0 Å². The normalized spacial score (nSPS) is 10.6. The Labute approximate surface area is 142 Å². The molecule has 3 nitrogen and oxygen atoms in total. The van der Waals surface area contributed by atoms with Crippen LogP contribution in [0.2, 0.25) is 0 Å². The molecule has 128 valence electrons. The molecule has 0 spiro atoms. The number of hydrogen-bond acceptors (Lipinski definition) is 3. The summed E-state index contributed by atoms with van der Waals surface area (Å²) in [6, 6.07) is 10.5. The van der Waals surface area contributed by atoms with Gasteiger partial charge in [-0.3, -0.25) is 4.79 Å². The molecule has 0 unspecified atom stereocenters. The largest absolute Gasteiger partial charge is 0.494 e. The summed E-state index contributed by atoms with van der Waals surface area (Å²) in [6.07, 6.45) is 7.87. The number of ether oxygens (including phenoxy) is 1. The van der Waals surface area contributed by atoms with E-state index in [-0.39, 0.29) is 5.56 Å². The van der Waals surface area contributed by atoms with E-state index in [1.165, 1.54) is 38.2 Å². The fourth-order valence-corrected chi connectivity index (χ4v) is 2.49. The molecule has 0 bridgehead atoms. The molecule has 2 rings (SSSR count). The second-order valence-electron chi connectivity index (χ2n) is 5.83. The number of carbonyl (C=O) groups excluding carboxylic acids is 1. The molecule has 0 N–H and O–H groups in total. The van der Waals surface area contributed by atoms with Crippen LogP contribution in [-0.2, 0) is 0 Å². The summed E-state index contributed by atoms with van der Waals surface area (Å²) in [7, 11) is 0. The molecule has 0 aliphatic carbocycles. The van der Waals surface area contributed by atoms with Gasteiger partial charge in [0, 0.05) is 5.56 Å². The lowest BCUT2D eigenvalue weighted by molar-refractivity contribution is 0.111. The highest BCUT2D eigenvalue weighted by molar-refractivity contribution is 5.75. The highest BCUT2D eigenvalue weighted by Gasteiger charge is 2.06. The molecule has 0 fully saturated rings. The number of benzene rings is 1. The van der Waals surface area contributed by atoms with Crippen LogP contribution in [0.25, 0.3) is 11.3 Å². The van der Waals surface area contributed by atoms with E-state index in [1.54, 1.807) is 6.07 Å². The van der Waals surface area contributed by atoms with E-state index in [1.807, 2.05) is 24.3 Å². The molecule has 1 aromatic carbocycles. The van der Waals surface area contributed by atoms with Gasteiger partial charge in [0.2, 0.25) is 5.95 Å². The van der Waals surface area contributed by atoms with Crippen molar-refractivity contribution in [1.82, 2.24) is 4.98 Å². The third-order valence-electron chi connectivity index (χ3n) is 3.92. The van der Waals surface area contributed by atoms with Crippen LogP contribution in [-0.4, -0.2) is 17.9 Å². The third-order valence-corrected chi connectivity index (χ3v) is 3.92. The van der Waals surface area contributed by atoms with Gasteiger partial charge < -0.3 is 4.74 Å². The van der Waals surface area contributed by atoms with Gasteiger partial charge in [0.15, 0.2) is 6.29 Å². The number of carbonyl (C=O) groups is 1. The molecule has 0 aliphatic rings. The van der Waals surface area contributed by atoms with E-state index >= 15 is 0 Å². The Morgan fingerprint density at radius 1 is 1.00 bits per heavy atom. The van der Waals surface area contributed by atoms with Crippen molar-refractivity contribution in [2.75, 3.05) is 6.61 Å². The number of aldehydes is 1. The van der Waals surface area contributed by atoms with Gasteiger partial charge in [-0.15, -0.1) is 0 Å². The molecule has 2 aromatic rings. The SMILES string of the molecule is CCCCCCCCOc1ccc(-c2ccc(C=O)c(F)n2)cc1. The third kappa shape index (κ3) is 5.44. The minimum Gasteiger partial charge on any atom is -0.494 e. The summed E-state index contributed by atoms with van der Waals surface area (Å²) < 4.78 is 19.3. The van der Waals surface area contributed by atoms with Crippen molar-refractivity contribution >= 4 is 6.29 Å². The Hall–Kier alpha value is -2.23. The van der Waals surface area contributed by atoms with E-state index in [9.17, 15) is 9.18 Å². The molecular weight excluding hydrogens is 305 g/mol. The lowest BCUT2D eigenvalue weighted by atomic mass is 10.1. The molecule has 0 amide bonds. The predicted molar refractivity (Wildman–Crippen MR) is 93.9 cm³/mol. The van der Waals surface area contributed by atoms with Gasteiger partial charge in [0.05, 0.1) is 17.9 Å². The van der Waals surface area contributed by atoms with Crippen molar-refractivity contribution in [3.63, 3.8) is 0 Å². The van der Waals surface area contributed by atoms with E-state index in [0.29, 0.717) is 18.6 Å². The smallest absolute Gasteiger partial charge is 0.224 e. The molecule has 0 atom stereocenters.